The molecule has 12 heteroatoms. The molecular weight excluding hydrogens is 616 g/mol. The normalized spacial score (nSPS) is 23.3. The van der Waals surface area contributed by atoms with Crippen molar-refractivity contribution < 1.29 is 42.7 Å². The number of methoxy groups -OCH3 is 3. The lowest BCUT2D eigenvalue weighted by Crippen LogP contribution is -2.48. The van der Waals surface area contributed by atoms with Crippen molar-refractivity contribution in [3.05, 3.63) is 70.2 Å². The average Bonchev–Trinajstić information content (AvgIpc) is 3.70. The van der Waals surface area contributed by atoms with E-state index >= 15 is 0 Å². The molecule has 7 rings (SSSR count). The lowest BCUT2D eigenvalue weighted by Gasteiger charge is -2.39. The number of halogens is 1. The van der Waals surface area contributed by atoms with Crippen LogP contribution in [0.4, 0.5) is 5.69 Å². The zero-order valence-electron chi connectivity index (χ0n) is 25.8. The van der Waals surface area contributed by atoms with Gasteiger partial charge in [0.15, 0.2) is 23.0 Å². The summed E-state index contributed by atoms with van der Waals surface area (Å²) in [6, 6.07) is 15.2. The maximum absolute atomic E-state index is 13.6. The molecular formula is C34H35ClN2O9. The quantitative estimate of drug-likeness (QED) is 0.323. The Kier molecular flexibility index (Phi) is 8.20. The van der Waals surface area contributed by atoms with E-state index in [2.05, 4.69) is 9.80 Å². The molecule has 0 spiro atoms. The zero-order valence-corrected chi connectivity index (χ0v) is 26.6. The largest absolute Gasteiger partial charge is 0.493 e. The van der Waals surface area contributed by atoms with Crippen LogP contribution < -0.4 is 28.6 Å². The van der Waals surface area contributed by atoms with Gasteiger partial charge in [0, 0.05) is 43.6 Å². The number of piperazine rings is 1. The molecule has 0 saturated carbocycles. The van der Waals surface area contributed by atoms with E-state index in [1.807, 2.05) is 48.5 Å². The third-order valence-corrected chi connectivity index (χ3v) is 9.66. The molecule has 0 unspecified atom stereocenters. The predicted molar refractivity (Wildman–Crippen MR) is 167 cm³/mol. The summed E-state index contributed by atoms with van der Waals surface area (Å²) in [5.74, 6) is 0.235. The molecule has 0 bridgehead atoms. The van der Waals surface area contributed by atoms with Gasteiger partial charge in [0.2, 0.25) is 12.5 Å². The highest BCUT2D eigenvalue weighted by Crippen LogP contribution is 2.56. The van der Waals surface area contributed by atoms with Gasteiger partial charge in [-0.2, -0.15) is 0 Å². The Bertz CT molecular complexity index is 1630. The lowest BCUT2D eigenvalue weighted by atomic mass is 9.66. The Morgan fingerprint density at radius 3 is 2.22 bits per heavy atom. The first kappa shape index (κ1) is 30.3. The Balaban J connectivity index is 1.18. The zero-order chi connectivity index (χ0) is 31.9. The molecule has 0 aromatic heterocycles. The van der Waals surface area contributed by atoms with Crippen LogP contribution in [0, 0.1) is 11.8 Å². The number of rotatable bonds is 8. The molecule has 3 heterocycles. The third-order valence-electron chi connectivity index (χ3n) is 9.34. The van der Waals surface area contributed by atoms with E-state index in [1.54, 1.807) is 21.3 Å². The summed E-state index contributed by atoms with van der Waals surface area (Å²) in [6.45, 7) is 3.13. The number of hydrogen-bond donors (Lipinski definition) is 0. The van der Waals surface area contributed by atoms with E-state index in [1.165, 1.54) is 0 Å². The van der Waals surface area contributed by atoms with E-state index in [9.17, 15) is 9.59 Å². The molecule has 242 valence electrons. The second-order valence-corrected chi connectivity index (χ2v) is 12.1. The average molecular weight is 651 g/mol. The van der Waals surface area contributed by atoms with Crippen LogP contribution in [-0.2, 0) is 19.1 Å². The fraction of sp³-hybridized carbons (Fsp3) is 0.412. The number of carbonyl (C=O) groups is 2. The van der Waals surface area contributed by atoms with Crippen LogP contribution in [0.5, 0.6) is 28.7 Å². The van der Waals surface area contributed by atoms with Crippen molar-refractivity contribution in [1.29, 1.82) is 0 Å². The maximum atomic E-state index is 13.6. The summed E-state index contributed by atoms with van der Waals surface area (Å²) in [6.07, 6.45) is -0.726. The van der Waals surface area contributed by atoms with Gasteiger partial charge in [-0.3, -0.25) is 14.5 Å². The molecule has 0 radical (unpaired) electrons. The van der Waals surface area contributed by atoms with Crippen LogP contribution in [0.15, 0.2) is 48.5 Å². The minimum Gasteiger partial charge on any atom is -0.493 e. The fourth-order valence-electron chi connectivity index (χ4n) is 7.16. The Morgan fingerprint density at radius 1 is 0.891 bits per heavy atom. The first-order chi connectivity index (χ1) is 22.4. The summed E-state index contributed by atoms with van der Waals surface area (Å²) in [7, 11) is 4.64. The predicted octanol–water partition coefficient (Wildman–Crippen LogP) is 4.44. The summed E-state index contributed by atoms with van der Waals surface area (Å²) >= 11 is 6.41. The van der Waals surface area contributed by atoms with Gasteiger partial charge in [-0.25, -0.2) is 0 Å². The molecule has 4 aliphatic rings. The van der Waals surface area contributed by atoms with Crippen molar-refractivity contribution in [3.63, 3.8) is 0 Å². The van der Waals surface area contributed by atoms with Gasteiger partial charge >= 0.3 is 11.9 Å². The number of esters is 2. The highest BCUT2D eigenvalue weighted by molar-refractivity contribution is 6.33. The van der Waals surface area contributed by atoms with Crippen LogP contribution in [0.2, 0.25) is 5.02 Å². The molecule has 46 heavy (non-hydrogen) atoms. The van der Waals surface area contributed by atoms with E-state index in [4.69, 9.17) is 44.8 Å². The van der Waals surface area contributed by atoms with Gasteiger partial charge in [0.05, 0.1) is 51.1 Å². The van der Waals surface area contributed by atoms with Crippen LogP contribution in [-0.4, -0.2) is 84.3 Å². The summed E-state index contributed by atoms with van der Waals surface area (Å²) in [4.78, 5) is 31.3. The number of cyclic esters (lactones) is 1. The first-order valence-electron chi connectivity index (χ1n) is 15.2. The molecule has 2 saturated heterocycles. The second-order valence-electron chi connectivity index (χ2n) is 11.7. The van der Waals surface area contributed by atoms with Crippen molar-refractivity contribution in [2.45, 2.75) is 12.0 Å². The number of nitrogens with zero attached hydrogens (tertiary/aromatic N) is 2. The highest BCUT2D eigenvalue weighted by atomic mass is 35.5. The number of ether oxygens (including phenoxy) is 7. The number of anilines is 1. The number of benzene rings is 3. The Morgan fingerprint density at radius 2 is 1.57 bits per heavy atom. The Hall–Kier alpha value is -4.35. The summed E-state index contributed by atoms with van der Waals surface area (Å²) < 4.78 is 40.2. The molecule has 3 aromatic carbocycles. The van der Waals surface area contributed by atoms with Crippen molar-refractivity contribution in [2.75, 3.05) is 72.4 Å². The van der Waals surface area contributed by atoms with Crippen molar-refractivity contribution in [2.24, 2.45) is 11.8 Å². The number of carbonyl (C=O) groups excluding carboxylic acids is 2. The molecule has 2 fully saturated rings. The monoisotopic (exact) mass is 650 g/mol. The maximum Gasteiger partial charge on any atom is 0.320 e. The first-order valence-corrected chi connectivity index (χ1v) is 15.6. The number of fused-ring (bicyclic) bond motifs is 3. The molecule has 4 atom stereocenters. The smallest absolute Gasteiger partial charge is 0.320 e. The molecule has 0 N–H and O–H groups in total. The fourth-order valence-corrected chi connectivity index (χ4v) is 7.42. The summed E-state index contributed by atoms with van der Waals surface area (Å²) in [5.41, 5.74) is 3.29. The molecule has 11 nitrogen and oxygen atoms in total. The number of para-hydroxylation sites is 1. The van der Waals surface area contributed by atoms with Crippen LogP contribution in [0.25, 0.3) is 0 Å². The second kappa shape index (κ2) is 12.4. The van der Waals surface area contributed by atoms with Gasteiger partial charge < -0.3 is 38.1 Å². The minimum atomic E-state index is -0.726. The van der Waals surface area contributed by atoms with Crippen LogP contribution >= 0.6 is 11.6 Å². The number of hydrogen-bond acceptors (Lipinski definition) is 11. The van der Waals surface area contributed by atoms with E-state index in [0.717, 1.165) is 35.5 Å². The molecule has 3 aromatic rings. The van der Waals surface area contributed by atoms with E-state index in [0.29, 0.717) is 46.9 Å². The van der Waals surface area contributed by atoms with Crippen LogP contribution in [0.3, 0.4) is 0 Å². The van der Waals surface area contributed by atoms with Crippen molar-refractivity contribution in [1.82, 2.24) is 4.90 Å². The third kappa shape index (κ3) is 5.31. The van der Waals surface area contributed by atoms with Gasteiger partial charge in [-0.15, -0.1) is 0 Å². The highest BCUT2D eigenvalue weighted by Gasteiger charge is 2.54. The van der Waals surface area contributed by atoms with Gasteiger partial charge in [-0.05, 0) is 47.5 Å². The van der Waals surface area contributed by atoms with Crippen molar-refractivity contribution >= 4 is 29.2 Å². The van der Waals surface area contributed by atoms with Crippen LogP contribution in [0.1, 0.15) is 28.7 Å². The Labute approximate surface area is 271 Å². The van der Waals surface area contributed by atoms with E-state index in [-0.39, 0.29) is 31.9 Å². The van der Waals surface area contributed by atoms with Gasteiger partial charge in [-0.1, -0.05) is 23.7 Å². The molecule has 3 aliphatic heterocycles. The summed E-state index contributed by atoms with van der Waals surface area (Å²) in [5, 5.41) is 0.708. The minimum absolute atomic E-state index is 0.0760. The standard InChI is InChI=1S/C34H35ClN2O9/c1-40-27-12-19(13-28(41-2)33(27)42-3)30-20-14-25-26(45-18-44-25)15-21(20)32(22-17-43-34(39)31(22)30)46-29(38)16-36-8-10-37(11-9-36)24-7-5-4-6-23(24)35/h4-7,12-15,22,30-32H,8-11,16-18H2,1-3H3/t22-,30+,31-,32-/m0/s1. The van der Waals surface area contributed by atoms with Crippen molar-refractivity contribution in [3.8, 4) is 28.7 Å². The van der Waals surface area contributed by atoms with Gasteiger partial charge in [0.25, 0.3) is 0 Å². The molecule has 1 aliphatic carbocycles. The van der Waals surface area contributed by atoms with Gasteiger partial charge in [0.1, 0.15) is 6.10 Å². The van der Waals surface area contributed by atoms with E-state index < -0.39 is 23.9 Å². The topological polar surface area (TPSA) is 105 Å². The lowest BCUT2D eigenvalue weighted by molar-refractivity contribution is -0.156. The molecule has 0 amide bonds. The SMILES string of the molecule is COc1cc([C@@H]2c3cc4c(cc3[C@H](OC(=O)CN3CCN(c5ccccc5Cl)CC3)[C@H]3COC(=O)[C@H]23)OCO4)cc(OC)c1OC.